The Morgan fingerprint density at radius 3 is 2.35 bits per heavy atom. The lowest BCUT2D eigenvalue weighted by Crippen LogP contribution is -2.10. The van der Waals surface area contributed by atoms with Crippen LogP contribution in [0.4, 0.5) is 0 Å². The molecule has 0 saturated carbocycles. The minimum atomic E-state index is -0.383. The number of carbonyl (C=O) groups is 2. The highest BCUT2D eigenvalue weighted by Crippen LogP contribution is 2.12. The zero-order valence-corrected chi connectivity index (χ0v) is 11.2. The highest BCUT2D eigenvalue weighted by molar-refractivity contribution is 8.15. The van der Waals surface area contributed by atoms with Crippen molar-refractivity contribution in [2.45, 2.75) is 33.1 Å². The zero-order chi connectivity index (χ0) is 12.7. The lowest BCUT2D eigenvalue weighted by molar-refractivity contribution is -0.107. The molecule has 1 aromatic rings. The summed E-state index contributed by atoms with van der Waals surface area (Å²) >= 11 is 1.14. The smallest absolute Gasteiger partial charge is 0.259 e. The number of benzene rings is 1. The van der Waals surface area contributed by atoms with Gasteiger partial charge >= 0.3 is 0 Å². The van der Waals surface area contributed by atoms with Gasteiger partial charge in [-0.25, -0.2) is 0 Å². The van der Waals surface area contributed by atoms with Crippen LogP contribution < -0.4 is 0 Å². The number of thioether (sulfide) groups is 1. The van der Waals surface area contributed by atoms with E-state index < -0.39 is 0 Å². The van der Waals surface area contributed by atoms with E-state index in [-0.39, 0.29) is 10.9 Å². The quantitative estimate of drug-likeness (QED) is 0.439. The van der Waals surface area contributed by atoms with E-state index in [1.54, 1.807) is 12.1 Å². The van der Waals surface area contributed by atoms with E-state index in [9.17, 15) is 9.59 Å². The Labute approximate surface area is 107 Å². The number of ketones is 1. The second-order valence-electron chi connectivity index (χ2n) is 4.04. The second-order valence-corrected chi connectivity index (χ2v) is 5.11. The number of rotatable bonds is 6. The minimum absolute atomic E-state index is 0.343. The van der Waals surface area contributed by atoms with E-state index >= 15 is 0 Å². The number of hydrogen-bond acceptors (Lipinski definition) is 3. The van der Waals surface area contributed by atoms with Gasteiger partial charge in [-0.3, -0.25) is 9.59 Å². The molecule has 0 unspecified atom stereocenters. The molecule has 0 aliphatic heterocycles. The number of aryl methyl sites for hydroxylation is 1. The van der Waals surface area contributed by atoms with Gasteiger partial charge in [0.15, 0.2) is 0 Å². The van der Waals surface area contributed by atoms with Gasteiger partial charge in [0.2, 0.25) is 5.78 Å². The van der Waals surface area contributed by atoms with Crippen LogP contribution >= 0.6 is 11.8 Å². The van der Waals surface area contributed by atoms with Gasteiger partial charge in [-0.15, -0.1) is 0 Å². The molecule has 1 rings (SSSR count). The molecular weight excluding hydrogens is 232 g/mol. The van der Waals surface area contributed by atoms with Crippen molar-refractivity contribution in [1.29, 1.82) is 0 Å². The first kappa shape index (κ1) is 14.0. The first-order chi connectivity index (χ1) is 8.15. The van der Waals surface area contributed by atoms with Gasteiger partial charge in [0.05, 0.1) is 0 Å². The molecule has 0 aliphatic rings. The summed E-state index contributed by atoms with van der Waals surface area (Å²) in [5, 5.41) is -0.343. The topological polar surface area (TPSA) is 34.1 Å². The van der Waals surface area contributed by atoms with Crippen molar-refractivity contribution < 1.29 is 9.59 Å². The van der Waals surface area contributed by atoms with Crippen LogP contribution in [-0.4, -0.2) is 16.7 Å². The molecule has 92 valence electrons. The molecular formula is C14H18O2S. The summed E-state index contributed by atoms with van der Waals surface area (Å²) in [6.07, 6.45) is 3.23. The van der Waals surface area contributed by atoms with E-state index in [4.69, 9.17) is 0 Å². The molecule has 0 bridgehead atoms. The molecule has 0 N–H and O–H groups in total. The average molecular weight is 250 g/mol. The highest BCUT2D eigenvalue weighted by Gasteiger charge is 2.15. The number of unbranched alkanes of at least 4 members (excludes halogenated alkanes) is 2. The molecule has 0 heterocycles. The molecule has 0 aliphatic carbocycles. The van der Waals surface area contributed by atoms with Gasteiger partial charge in [0, 0.05) is 11.3 Å². The molecule has 2 nitrogen and oxygen atoms in total. The fourth-order valence-corrected chi connectivity index (χ4v) is 2.19. The van der Waals surface area contributed by atoms with Gasteiger partial charge in [0.25, 0.3) is 5.12 Å². The summed E-state index contributed by atoms with van der Waals surface area (Å²) in [5.74, 6) is 0.357. The molecule has 1 aromatic carbocycles. The lowest BCUT2D eigenvalue weighted by atomic mass is 10.1. The van der Waals surface area contributed by atoms with Crippen molar-refractivity contribution in [1.82, 2.24) is 0 Å². The summed E-state index contributed by atoms with van der Waals surface area (Å²) in [6.45, 7) is 4.07. The average Bonchev–Trinajstić information content (AvgIpc) is 2.34. The van der Waals surface area contributed by atoms with Crippen LogP contribution in [0.25, 0.3) is 0 Å². The third-order valence-electron chi connectivity index (χ3n) is 2.48. The Kier molecular flexibility index (Phi) is 5.98. The van der Waals surface area contributed by atoms with Gasteiger partial charge in [0.1, 0.15) is 0 Å². The molecule has 3 heteroatoms. The van der Waals surface area contributed by atoms with Crippen LogP contribution in [0, 0.1) is 6.92 Å². The molecule has 0 amide bonds. The maximum absolute atomic E-state index is 11.7. The summed E-state index contributed by atoms with van der Waals surface area (Å²) in [6, 6.07) is 7.12. The molecule has 0 fully saturated rings. The maximum Gasteiger partial charge on any atom is 0.259 e. The van der Waals surface area contributed by atoms with Crippen molar-refractivity contribution in [2.24, 2.45) is 0 Å². The lowest BCUT2D eigenvalue weighted by Gasteiger charge is -2.01. The zero-order valence-electron chi connectivity index (χ0n) is 10.4. The summed E-state index contributed by atoms with van der Waals surface area (Å²) in [5.41, 5.74) is 1.58. The SMILES string of the molecule is CCCCCSC(=O)C(=O)c1ccc(C)cc1. The normalized spacial score (nSPS) is 10.2. The van der Waals surface area contributed by atoms with Gasteiger partial charge in [-0.2, -0.15) is 0 Å². The number of Topliss-reactive ketones (excluding diaryl/α,β-unsaturated/α-hetero) is 1. The van der Waals surface area contributed by atoms with Crippen LogP contribution in [0.3, 0.4) is 0 Å². The Hall–Kier alpha value is -1.09. The molecule has 0 spiro atoms. The second kappa shape index (κ2) is 7.28. The van der Waals surface area contributed by atoms with Crippen molar-refractivity contribution in [3.05, 3.63) is 35.4 Å². The van der Waals surface area contributed by atoms with E-state index in [0.29, 0.717) is 5.56 Å². The molecule has 0 radical (unpaired) electrons. The predicted octanol–water partition coefficient (Wildman–Crippen LogP) is 3.63. The number of hydrogen-bond donors (Lipinski definition) is 0. The Balaban J connectivity index is 2.46. The standard InChI is InChI=1S/C14H18O2S/c1-3-4-5-10-17-14(16)13(15)12-8-6-11(2)7-9-12/h6-9H,3-5,10H2,1-2H3. The van der Waals surface area contributed by atoms with Crippen molar-refractivity contribution >= 4 is 22.7 Å². The minimum Gasteiger partial charge on any atom is -0.284 e. The van der Waals surface area contributed by atoms with E-state index in [1.165, 1.54) is 0 Å². The predicted molar refractivity (Wildman–Crippen MR) is 72.5 cm³/mol. The Morgan fingerprint density at radius 1 is 1.12 bits per heavy atom. The van der Waals surface area contributed by atoms with Gasteiger partial charge in [-0.05, 0) is 13.3 Å². The van der Waals surface area contributed by atoms with Crippen LogP contribution in [0.5, 0.6) is 0 Å². The third-order valence-corrected chi connectivity index (χ3v) is 3.42. The fourth-order valence-electron chi connectivity index (χ4n) is 1.41. The molecule has 0 atom stereocenters. The van der Waals surface area contributed by atoms with E-state index in [2.05, 4.69) is 6.92 Å². The first-order valence-corrected chi connectivity index (χ1v) is 6.92. The van der Waals surface area contributed by atoms with Gasteiger partial charge in [-0.1, -0.05) is 61.4 Å². The highest BCUT2D eigenvalue weighted by atomic mass is 32.2. The largest absolute Gasteiger partial charge is 0.284 e. The molecule has 0 saturated heterocycles. The monoisotopic (exact) mass is 250 g/mol. The number of carbonyl (C=O) groups excluding carboxylic acids is 2. The third kappa shape index (κ3) is 4.73. The Morgan fingerprint density at radius 2 is 1.76 bits per heavy atom. The molecule has 0 aromatic heterocycles. The van der Waals surface area contributed by atoms with E-state index in [0.717, 1.165) is 42.3 Å². The van der Waals surface area contributed by atoms with Crippen LogP contribution in [0.15, 0.2) is 24.3 Å². The maximum atomic E-state index is 11.7. The van der Waals surface area contributed by atoms with Gasteiger partial charge < -0.3 is 0 Å². The van der Waals surface area contributed by atoms with Crippen molar-refractivity contribution in [3.63, 3.8) is 0 Å². The van der Waals surface area contributed by atoms with Crippen LogP contribution in [0.1, 0.15) is 42.1 Å². The summed E-state index contributed by atoms with van der Waals surface area (Å²) in [4.78, 5) is 23.4. The first-order valence-electron chi connectivity index (χ1n) is 5.93. The fraction of sp³-hybridized carbons (Fsp3) is 0.429. The summed E-state index contributed by atoms with van der Waals surface area (Å²) < 4.78 is 0. The van der Waals surface area contributed by atoms with Crippen molar-refractivity contribution in [3.8, 4) is 0 Å². The van der Waals surface area contributed by atoms with Crippen LogP contribution in [-0.2, 0) is 4.79 Å². The van der Waals surface area contributed by atoms with Crippen LogP contribution in [0.2, 0.25) is 0 Å². The van der Waals surface area contributed by atoms with Crippen molar-refractivity contribution in [2.75, 3.05) is 5.75 Å². The summed E-state index contributed by atoms with van der Waals surface area (Å²) in [7, 11) is 0. The Bertz CT molecular complexity index is 382. The van der Waals surface area contributed by atoms with E-state index in [1.807, 2.05) is 19.1 Å². The molecule has 17 heavy (non-hydrogen) atoms.